The first-order valence-electron chi connectivity index (χ1n) is 7.51. The smallest absolute Gasteiger partial charge is 0.133 e. The number of rotatable bonds is 4. The predicted molar refractivity (Wildman–Crippen MR) is 87.7 cm³/mol. The Kier molecular flexibility index (Phi) is 4.22. The molecule has 0 spiro atoms. The molecule has 2 N–H and O–H groups in total. The van der Waals surface area contributed by atoms with Gasteiger partial charge in [0.25, 0.3) is 0 Å². The molecule has 0 aliphatic heterocycles. The lowest BCUT2D eigenvalue weighted by atomic mass is 9.94. The van der Waals surface area contributed by atoms with Gasteiger partial charge in [0.1, 0.15) is 5.82 Å². The molecule has 0 amide bonds. The average Bonchev–Trinajstić information content (AvgIpc) is 2.91. The maximum Gasteiger partial charge on any atom is 0.133 e. The van der Waals surface area contributed by atoms with E-state index in [1.54, 1.807) is 11.3 Å². The summed E-state index contributed by atoms with van der Waals surface area (Å²) in [6, 6.07) is 2.27. The predicted octanol–water partition coefficient (Wildman–Crippen LogP) is 2.82. The number of anilines is 1. The summed E-state index contributed by atoms with van der Waals surface area (Å²) in [5.41, 5.74) is 12.8. The van der Waals surface area contributed by atoms with E-state index in [0.29, 0.717) is 6.54 Å². The first kappa shape index (κ1) is 14.5. The van der Waals surface area contributed by atoms with Crippen molar-refractivity contribution in [2.24, 2.45) is 5.73 Å². The lowest BCUT2D eigenvalue weighted by Gasteiger charge is -2.24. The third kappa shape index (κ3) is 2.94. The average molecular weight is 302 g/mol. The lowest BCUT2D eigenvalue weighted by Crippen LogP contribution is -2.22. The fraction of sp³-hybridized carbons (Fsp3) is 0.500. The molecule has 0 aromatic carbocycles. The highest BCUT2D eigenvalue weighted by molar-refractivity contribution is 7.09. The number of hydrogen-bond donors (Lipinski definition) is 1. The number of nitrogens with two attached hydrogens (primary N) is 1. The quantitative estimate of drug-likeness (QED) is 0.943. The highest BCUT2D eigenvalue weighted by atomic mass is 32.1. The molecule has 2 aromatic heterocycles. The largest absolute Gasteiger partial charge is 0.354 e. The van der Waals surface area contributed by atoms with Gasteiger partial charge >= 0.3 is 0 Å². The highest BCUT2D eigenvalue weighted by Gasteiger charge is 2.17. The second-order valence-corrected chi connectivity index (χ2v) is 6.64. The molecule has 4 nitrogen and oxygen atoms in total. The van der Waals surface area contributed by atoms with Gasteiger partial charge in [-0.05, 0) is 44.2 Å². The molecule has 0 atom stereocenters. The minimum absolute atomic E-state index is 0.543. The summed E-state index contributed by atoms with van der Waals surface area (Å²) in [7, 11) is 2.09. The van der Waals surface area contributed by atoms with Gasteiger partial charge in [-0.15, -0.1) is 11.3 Å². The van der Waals surface area contributed by atoms with Crippen molar-refractivity contribution in [2.45, 2.75) is 45.7 Å². The monoisotopic (exact) mass is 302 g/mol. The van der Waals surface area contributed by atoms with Gasteiger partial charge in [-0.2, -0.15) is 0 Å². The maximum absolute atomic E-state index is 5.95. The molecule has 2 aromatic rings. The van der Waals surface area contributed by atoms with Crippen LogP contribution in [0.2, 0.25) is 0 Å². The molecular weight excluding hydrogens is 280 g/mol. The van der Waals surface area contributed by atoms with Crippen LogP contribution in [0.1, 0.15) is 40.2 Å². The van der Waals surface area contributed by atoms with Gasteiger partial charge in [-0.3, -0.25) is 0 Å². The zero-order chi connectivity index (χ0) is 14.8. The van der Waals surface area contributed by atoms with Crippen molar-refractivity contribution in [3.63, 3.8) is 0 Å². The van der Waals surface area contributed by atoms with Crippen molar-refractivity contribution >= 4 is 17.2 Å². The zero-order valence-corrected chi connectivity index (χ0v) is 13.5. The molecule has 0 fully saturated rings. The summed E-state index contributed by atoms with van der Waals surface area (Å²) in [6.07, 6.45) is 4.76. The molecule has 0 saturated carbocycles. The van der Waals surface area contributed by atoms with Crippen molar-refractivity contribution in [2.75, 3.05) is 11.9 Å². The summed E-state index contributed by atoms with van der Waals surface area (Å²) in [5, 5.41) is 0. The van der Waals surface area contributed by atoms with E-state index in [-0.39, 0.29) is 0 Å². The number of nitrogens with zero attached hydrogens (tertiary/aromatic N) is 3. The van der Waals surface area contributed by atoms with Gasteiger partial charge in [-0.25, -0.2) is 9.97 Å². The van der Waals surface area contributed by atoms with Crippen LogP contribution in [0.3, 0.4) is 0 Å². The highest BCUT2D eigenvalue weighted by Crippen LogP contribution is 2.27. The molecule has 5 heteroatoms. The number of fused-ring (bicyclic) bond motifs is 1. The summed E-state index contributed by atoms with van der Waals surface area (Å²) < 4.78 is 0. The Labute approximate surface area is 130 Å². The second-order valence-electron chi connectivity index (χ2n) is 5.71. The van der Waals surface area contributed by atoms with E-state index in [0.717, 1.165) is 36.5 Å². The molecule has 0 radical (unpaired) electrons. The topological polar surface area (TPSA) is 55.0 Å². The van der Waals surface area contributed by atoms with Crippen molar-refractivity contribution in [1.29, 1.82) is 0 Å². The minimum atomic E-state index is 0.543. The molecule has 21 heavy (non-hydrogen) atoms. The van der Waals surface area contributed by atoms with Gasteiger partial charge in [0.15, 0.2) is 0 Å². The van der Waals surface area contributed by atoms with Crippen molar-refractivity contribution in [3.05, 3.63) is 39.0 Å². The van der Waals surface area contributed by atoms with Crippen LogP contribution in [-0.2, 0) is 25.9 Å². The van der Waals surface area contributed by atoms with Gasteiger partial charge in [0.05, 0.1) is 17.7 Å². The molecule has 1 aliphatic carbocycles. The molecule has 0 saturated heterocycles. The van der Waals surface area contributed by atoms with E-state index in [1.165, 1.54) is 29.0 Å². The van der Waals surface area contributed by atoms with Crippen LogP contribution in [0.5, 0.6) is 0 Å². The Bertz CT molecular complexity index is 635. The van der Waals surface area contributed by atoms with Crippen molar-refractivity contribution < 1.29 is 0 Å². The summed E-state index contributed by atoms with van der Waals surface area (Å²) >= 11 is 1.70. The van der Waals surface area contributed by atoms with Gasteiger partial charge in [0, 0.05) is 29.7 Å². The number of pyridine rings is 1. The Balaban J connectivity index is 1.91. The van der Waals surface area contributed by atoms with Gasteiger partial charge < -0.3 is 10.6 Å². The van der Waals surface area contributed by atoms with E-state index in [1.807, 2.05) is 5.51 Å². The lowest BCUT2D eigenvalue weighted by molar-refractivity contribution is 0.663. The standard InChI is InChI=1S/C16H22N4S/c1-11-15(21-10-18-11)9-20(2)16-13(8-17)7-12-5-3-4-6-14(12)19-16/h7,10H,3-6,8-9,17H2,1-2H3. The van der Waals surface area contributed by atoms with Gasteiger partial charge in [0.2, 0.25) is 0 Å². The number of thiazole rings is 1. The molecule has 2 heterocycles. The first-order chi connectivity index (χ1) is 10.2. The molecule has 0 bridgehead atoms. The van der Waals surface area contributed by atoms with E-state index in [2.05, 4.69) is 29.9 Å². The summed E-state index contributed by atoms with van der Waals surface area (Å²) in [5.74, 6) is 1.03. The zero-order valence-electron chi connectivity index (χ0n) is 12.7. The van der Waals surface area contributed by atoms with E-state index in [4.69, 9.17) is 10.7 Å². The van der Waals surface area contributed by atoms with Crippen LogP contribution in [0, 0.1) is 6.92 Å². The Hall–Kier alpha value is -1.46. The fourth-order valence-corrected chi connectivity index (χ4v) is 3.75. The van der Waals surface area contributed by atoms with E-state index < -0.39 is 0 Å². The van der Waals surface area contributed by atoms with Crippen LogP contribution in [0.15, 0.2) is 11.6 Å². The van der Waals surface area contributed by atoms with Crippen LogP contribution in [0.4, 0.5) is 5.82 Å². The van der Waals surface area contributed by atoms with Crippen molar-refractivity contribution in [1.82, 2.24) is 9.97 Å². The second kappa shape index (κ2) is 6.12. The number of hydrogen-bond acceptors (Lipinski definition) is 5. The van der Waals surface area contributed by atoms with Crippen LogP contribution in [-0.4, -0.2) is 17.0 Å². The van der Waals surface area contributed by atoms with Crippen molar-refractivity contribution in [3.8, 4) is 0 Å². The third-order valence-corrected chi connectivity index (χ3v) is 5.08. The molecule has 1 aliphatic rings. The van der Waals surface area contributed by atoms with E-state index in [9.17, 15) is 0 Å². The Morgan fingerprint density at radius 2 is 2.14 bits per heavy atom. The molecule has 112 valence electrons. The molecular formula is C16H22N4S. The first-order valence-corrected chi connectivity index (χ1v) is 8.39. The Morgan fingerprint density at radius 1 is 1.33 bits per heavy atom. The summed E-state index contributed by atoms with van der Waals surface area (Å²) in [4.78, 5) is 12.7. The van der Waals surface area contributed by atoms with Gasteiger partial charge in [-0.1, -0.05) is 0 Å². The van der Waals surface area contributed by atoms with E-state index >= 15 is 0 Å². The normalized spacial score (nSPS) is 14.0. The number of aromatic nitrogens is 2. The van der Waals surface area contributed by atoms with Crippen LogP contribution in [0.25, 0.3) is 0 Å². The minimum Gasteiger partial charge on any atom is -0.354 e. The molecule has 0 unspecified atom stereocenters. The SMILES string of the molecule is Cc1ncsc1CN(C)c1nc2c(cc1CN)CCCC2. The van der Waals surface area contributed by atoms with Crippen LogP contribution < -0.4 is 10.6 Å². The fourth-order valence-electron chi connectivity index (χ4n) is 2.92. The number of aryl methyl sites for hydroxylation is 3. The summed E-state index contributed by atoms with van der Waals surface area (Å²) in [6.45, 7) is 3.45. The van der Waals surface area contributed by atoms with Crippen LogP contribution >= 0.6 is 11.3 Å². The third-order valence-electron chi connectivity index (χ3n) is 4.16. The molecule has 3 rings (SSSR count). The Morgan fingerprint density at radius 3 is 2.86 bits per heavy atom. The maximum atomic E-state index is 5.95.